The van der Waals surface area contributed by atoms with Crippen LogP contribution in [0.5, 0.6) is 0 Å². The van der Waals surface area contributed by atoms with E-state index in [1.807, 2.05) is 4.99 Å². The van der Waals surface area contributed by atoms with Crippen LogP contribution in [0.15, 0.2) is 10.6 Å². The van der Waals surface area contributed by atoms with Gasteiger partial charge in [0.2, 0.25) is 0 Å². The fourth-order valence-electron chi connectivity index (χ4n) is 0.126. The first kappa shape index (κ1) is 7.22. The number of halogens is 1. The summed E-state index contributed by atoms with van der Waals surface area (Å²) in [6.45, 7) is 6.46. The molecule has 0 aliphatic carbocycles. The van der Waals surface area contributed by atoms with Gasteiger partial charge < -0.3 is 0 Å². The Balaban J connectivity index is 3.56. The highest BCUT2D eigenvalue weighted by atomic mass is 79.9. The fourth-order valence-corrected chi connectivity index (χ4v) is 0.655. The Kier molecular flexibility index (Phi) is 3.35. The molecule has 0 atom stereocenters. The minimum Gasteiger partial charge on any atom is -0.0639 e. The van der Waals surface area contributed by atoms with Crippen LogP contribution in [0.1, 0.15) is 20.8 Å². The maximum absolute atomic E-state index is 3.25. The molecule has 0 aliphatic heterocycles. The number of allylic oxidation sites excluding steroid dienone is 1. The van der Waals surface area contributed by atoms with Gasteiger partial charge in [-0.15, -0.1) is 0 Å². The molecule has 0 heterocycles. The number of hydrogen-bond donors (Lipinski definition) is 0. The summed E-state index contributed by atoms with van der Waals surface area (Å²) in [5, 5.41) is 0. The van der Waals surface area contributed by atoms with E-state index in [1.54, 1.807) is 0 Å². The van der Waals surface area contributed by atoms with Crippen molar-refractivity contribution in [1.29, 1.82) is 0 Å². The van der Waals surface area contributed by atoms with Crippen molar-refractivity contribution in [2.24, 2.45) is 5.92 Å². The topological polar surface area (TPSA) is 0 Å². The zero-order valence-corrected chi connectivity index (χ0v) is 6.62. The van der Waals surface area contributed by atoms with E-state index in [0.717, 1.165) is 0 Å². The van der Waals surface area contributed by atoms with Gasteiger partial charge in [0.25, 0.3) is 0 Å². The molecule has 0 N–H and O–H groups in total. The predicted molar refractivity (Wildman–Crippen MR) is 37.5 cm³/mol. The second-order valence-corrected chi connectivity index (χ2v) is 2.47. The molecule has 0 aromatic carbocycles. The second-order valence-electron chi connectivity index (χ2n) is 2.01. The van der Waals surface area contributed by atoms with Crippen molar-refractivity contribution in [2.45, 2.75) is 20.8 Å². The van der Waals surface area contributed by atoms with Gasteiger partial charge in [0.05, 0.1) is 0 Å². The molecule has 0 fully saturated rings. The lowest BCUT2D eigenvalue weighted by Crippen LogP contribution is -1.84. The van der Waals surface area contributed by atoms with Crippen molar-refractivity contribution in [2.75, 3.05) is 0 Å². The molecule has 0 amide bonds. The van der Waals surface area contributed by atoms with Crippen molar-refractivity contribution in [1.82, 2.24) is 0 Å². The Morgan fingerprint density at radius 3 is 2.00 bits per heavy atom. The molecule has 1 heteroatoms. The molecule has 42 valence electrons. The van der Waals surface area contributed by atoms with Gasteiger partial charge in [0.15, 0.2) is 0 Å². The zero-order chi connectivity index (χ0) is 5.86. The van der Waals surface area contributed by atoms with E-state index in [4.69, 9.17) is 0 Å². The van der Waals surface area contributed by atoms with Gasteiger partial charge in [-0.1, -0.05) is 35.4 Å². The van der Waals surface area contributed by atoms with Gasteiger partial charge >= 0.3 is 0 Å². The minimum absolute atomic E-state index is 0.680. The summed E-state index contributed by atoms with van der Waals surface area (Å²) < 4.78 is 0. The highest BCUT2D eigenvalue weighted by Crippen LogP contribution is 2.08. The molecular formula is C6H11Br. The Morgan fingerprint density at radius 1 is 1.57 bits per heavy atom. The SMILES string of the molecule is C/C(=C/Br)C(C)C. The van der Waals surface area contributed by atoms with E-state index >= 15 is 0 Å². The summed E-state index contributed by atoms with van der Waals surface area (Å²) in [4.78, 5) is 1.97. The van der Waals surface area contributed by atoms with Crippen LogP contribution >= 0.6 is 15.9 Å². The first-order valence-corrected chi connectivity index (χ1v) is 3.37. The van der Waals surface area contributed by atoms with Crippen molar-refractivity contribution in [3.8, 4) is 0 Å². The maximum atomic E-state index is 3.25. The summed E-state index contributed by atoms with van der Waals surface area (Å²) >= 11 is 3.25. The molecule has 0 nitrogen and oxygen atoms in total. The van der Waals surface area contributed by atoms with E-state index in [9.17, 15) is 0 Å². The first-order chi connectivity index (χ1) is 3.18. The normalized spacial score (nSPS) is 13.0. The number of rotatable bonds is 1. The first-order valence-electron chi connectivity index (χ1n) is 2.45. The van der Waals surface area contributed by atoms with Crippen molar-refractivity contribution >= 4 is 15.9 Å². The van der Waals surface area contributed by atoms with Crippen LogP contribution in [-0.2, 0) is 0 Å². The molecular weight excluding hydrogens is 152 g/mol. The molecule has 0 bridgehead atoms. The van der Waals surface area contributed by atoms with Crippen molar-refractivity contribution < 1.29 is 0 Å². The summed E-state index contributed by atoms with van der Waals surface area (Å²) in [5.74, 6) is 0.680. The van der Waals surface area contributed by atoms with Crippen LogP contribution < -0.4 is 0 Å². The maximum Gasteiger partial charge on any atom is -0.0197 e. The van der Waals surface area contributed by atoms with Gasteiger partial charge in [-0.3, -0.25) is 0 Å². The molecule has 0 aromatic rings. The number of hydrogen-bond acceptors (Lipinski definition) is 0. The van der Waals surface area contributed by atoms with E-state index in [2.05, 4.69) is 36.7 Å². The Bertz CT molecular complexity index is 72.2. The lowest BCUT2D eigenvalue weighted by molar-refractivity contribution is 0.772. The molecule has 0 aromatic heterocycles. The highest BCUT2D eigenvalue weighted by Gasteiger charge is 1.91. The lowest BCUT2D eigenvalue weighted by atomic mass is 10.1. The van der Waals surface area contributed by atoms with Crippen molar-refractivity contribution in [3.63, 3.8) is 0 Å². The average Bonchev–Trinajstić information content (AvgIpc) is 1.65. The average molecular weight is 163 g/mol. The van der Waals surface area contributed by atoms with Crippen LogP contribution in [0.4, 0.5) is 0 Å². The Labute approximate surface area is 53.7 Å². The van der Waals surface area contributed by atoms with Gasteiger partial charge in [0, 0.05) is 0 Å². The third kappa shape index (κ3) is 2.86. The molecule has 0 saturated heterocycles. The van der Waals surface area contributed by atoms with Crippen LogP contribution in [-0.4, -0.2) is 0 Å². The third-order valence-electron chi connectivity index (χ3n) is 1.08. The molecule has 0 saturated carbocycles. The molecule has 0 rings (SSSR count). The lowest BCUT2D eigenvalue weighted by Gasteiger charge is -1.99. The van der Waals surface area contributed by atoms with E-state index < -0.39 is 0 Å². The van der Waals surface area contributed by atoms with Crippen LogP contribution in [0.3, 0.4) is 0 Å². The van der Waals surface area contributed by atoms with E-state index in [-0.39, 0.29) is 0 Å². The van der Waals surface area contributed by atoms with Gasteiger partial charge in [0.1, 0.15) is 0 Å². The van der Waals surface area contributed by atoms with Crippen molar-refractivity contribution in [3.05, 3.63) is 10.6 Å². The Morgan fingerprint density at radius 2 is 2.00 bits per heavy atom. The van der Waals surface area contributed by atoms with Gasteiger partial charge in [-0.05, 0) is 17.8 Å². The summed E-state index contributed by atoms with van der Waals surface area (Å²) in [7, 11) is 0. The standard InChI is InChI=1S/C6H11Br/c1-5(2)6(3)4-7/h4-5H,1-3H3/b6-4-. The molecule has 0 aliphatic rings. The zero-order valence-electron chi connectivity index (χ0n) is 5.03. The van der Waals surface area contributed by atoms with E-state index in [1.165, 1.54) is 5.57 Å². The minimum atomic E-state index is 0.680. The second kappa shape index (κ2) is 3.25. The van der Waals surface area contributed by atoms with Crippen LogP contribution in [0, 0.1) is 5.92 Å². The summed E-state index contributed by atoms with van der Waals surface area (Å²) in [5.41, 5.74) is 1.39. The summed E-state index contributed by atoms with van der Waals surface area (Å²) in [6.07, 6.45) is 0. The highest BCUT2D eigenvalue weighted by molar-refractivity contribution is 9.11. The van der Waals surface area contributed by atoms with Crippen LogP contribution in [0.2, 0.25) is 0 Å². The molecule has 0 unspecified atom stereocenters. The van der Waals surface area contributed by atoms with Gasteiger partial charge in [-0.2, -0.15) is 0 Å². The largest absolute Gasteiger partial charge is 0.0639 e. The van der Waals surface area contributed by atoms with E-state index in [0.29, 0.717) is 5.92 Å². The smallest absolute Gasteiger partial charge is 0.0197 e. The molecule has 0 spiro atoms. The third-order valence-corrected chi connectivity index (χ3v) is 1.80. The predicted octanol–water partition coefficient (Wildman–Crippen LogP) is 2.94. The monoisotopic (exact) mass is 162 g/mol. The quantitative estimate of drug-likeness (QED) is 0.557. The molecule has 0 radical (unpaired) electrons. The summed E-state index contributed by atoms with van der Waals surface area (Å²) in [6, 6.07) is 0. The van der Waals surface area contributed by atoms with Gasteiger partial charge in [-0.25, -0.2) is 0 Å². The van der Waals surface area contributed by atoms with Crippen LogP contribution in [0.25, 0.3) is 0 Å². The molecule has 7 heavy (non-hydrogen) atoms. The Hall–Kier alpha value is 0.220. The fraction of sp³-hybridized carbons (Fsp3) is 0.667.